The summed E-state index contributed by atoms with van der Waals surface area (Å²) < 4.78 is 51.4. The van der Waals surface area contributed by atoms with Crippen LogP contribution in [0.3, 0.4) is 0 Å². The molecule has 1 aromatic heterocycles. The number of aliphatic hydroxyl groups excluding tert-OH is 1. The van der Waals surface area contributed by atoms with Crippen LogP contribution in [0.1, 0.15) is 61.6 Å². The molecule has 0 aliphatic carbocycles. The second kappa shape index (κ2) is 14.1. The lowest BCUT2D eigenvalue weighted by molar-refractivity contribution is -0.271. The van der Waals surface area contributed by atoms with Crippen molar-refractivity contribution in [1.29, 1.82) is 0 Å². The van der Waals surface area contributed by atoms with Crippen LogP contribution in [0.5, 0.6) is 0 Å². The molecule has 0 radical (unpaired) electrons. The van der Waals surface area contributed by atoms with Crippen molar-refractivity contribution in [2.24, 2.45) is 0 Å². The number of aromatic amines is 1. The zero-order chi connectivity index (χ0) is 38.9. The molecule has 3 N–H and O–H groups in total. The van der Waals surface area contributed by atoms with Gasteiger partial charge < -0.3 is 53.2 Å². The lowest BCUT2D eigenvalue weighted by atomic mass is 9.97. The number of β-amino-alcohol motifs (C(OH)–C–C–N with tert-alkyl or cyclic N) is 1. The van der Waals surface area contributed by atoms with Crippen LogP contribution in [-0.4, -0.2) is 154 Å². The second-order valence-corrected chi connectivity index (χ2v) is 16.1. The fourth-order valence-corrected chi connectivity index (χ4v) is 7.86. The van der Waals surface area contributed by atoms with E-state index in [1.54, 1.807) is 60.4 Å². The van der Waals surface area contributed by atoms with Crippen molar-refractivity contribution in [1.82, 2.24) is 24.7 Å². The van der Waals surface area contributed by atoms with Gasteiger partial charge in [0.2, 0.25) is 5.91 Å². The van der Waals surface area contributed by atoms with Gasteiger partial charge >= 0.3 is 11.8 Å². The van der Waals surface area contributed by atoms with Crippen LogP contribution in [0.4, 0.5) is 4.79 Å². The number of aliphatic hydroxyl groups is 1. The number of hydrogen-bond donors (Lipinski definition) is 3. The maximum absolute atomic E-state index is 14.5. The van der Waals surface area contributed by atoms with Crippen LogP contribution in [0.2, 0.25) is 0 Å². The van der Waals surface area contributed by atoms with Gasteiger partial charge in [0.25, 0.3) is 5.56 Å². The number of ketones is 1. The first-order chi connectivity index (χ1) is 24.6. The molecule has 6 heterocycles. The van der Waals surface area contributed by atoms with Crippen LogP contribution in [-0.2, 0) is 47.5 Å². The Hall–Kier alpha value is -3.27. The lowest BCUT2D eigenvalue weighted by Crippen LogP contribution is -2.59. The van der Waals surface area contributed by atoms with Gasteiger partial charge in [0.05, 0.1) is 6.10 Å². The SMILES string of the molecule is CC(=O)[C@@H]1[C@@H](O)CN(C)C([C@H](OC2OC(CNC(=O)OC(C)(C)C)C3OC(C)(C)OC23)C2OC(n3ccc(=O)[nH]c3=O)C3OC(C)(C)OC32)C(=O)N1C. The van der Waals surface area contributed by atoms with Crippen molar-refractivity contribution in [2.45, 2.75) is 146 Å². The molecule has 2 amide bonds. The molecule has 9 unspecified atom stereocenters. The van der Waals surface area contributed by atoms with E-state index in [2.05, 4.69) is 10.3 Å². The van der Waals surface area contributed by atoms with Gasteiger partial charge in [-0.1, -0.05) is 0 Å². The van der Waals surface area contributed by atoms with Gasteiger partial charge in [0, 0.05) is 32.4 Å². The Morgan fingerprint density at radius 3 is 2.25 bits per heavy atom. The number of aromatic nitrogens is 2. The second-order valence-electron chi connectivity index (χ2n) is 16.1. The van der Waals surface area contributed by atoms with Gasteiger partial charge in [-0.3, -0.25) is 28.8 Å². The summed E-state index contributed by atoms with van der Waals surface area (Å²) in [6.45, 7) is 13.2. The fraction of sp³-hybridized carbons (Fsp3) is 0.794. The highest BCUT2D eigenvalue weighted by Gasteiger charge is 2.63. The smallest absolute Gasteiger partial charge is 0.407 e. The number of likely N-dealkylation sites (N-methyl/N-ethyl adjacent to an activating group) is 2. The number of carbonyl (C=O) groups excluding carboxylic acids is 3. The van der Waals surface area contributed by atoms with Crippen molar-refractivity contribution >= 4 is 17.8 Å². The summed E-state index contributed by atoms with van der Waals surface area (Å²) in [4.78, 5) is 69.8. The molecular formula is C34H51N5O14. The van der Waals surface area contributed by atoms with Crippen molar-refractivity contribution in [3.63, 3.8) is 0 Å². The Balaban J connectivity index is 1.39. The molecule has 5 fully saturated rings. The molecule has 0 saturated carbocycles. The number of amides is 2. The summed E-state index contributed by atoms with van der Waals surface area (Å²) in [6, 6.07) is -1.20. The minimum absolute atomic E-state index is 0.0372. The van der Waals surface area contributed by atoms with Crippen molar-refractivity contribution in [2.75, 3.05) is 27.2 Å². The van der Waals surface area contributed by atoms with Gasteiger partial charge in [-0.25, -0.2) is 9.59 Å². The molecule has 53 heavy (non-hydrogen) atoms. The maximum Gasteiger partial charge on any atom is 0.407 e. The average molecular weight is 754 g/mol. The number of nitrogens with zero attached hydrogens (tertiary/aromatic N) is 3. The Morgan fingerprint density at radius 2 is 1.62 bits per heavy atom. The van der Waals surface area contributed by atoms with Gasteiger partial charge in [-0.2, -0.15) is 0 Å². The quantitative estimate of drug-likeness (QED) is 0.296. The Kier molecular flexibility index (Phi) is 10.5. The number of ether oxygens (including phenoxy) is 8. The third-order valence-electron chi connectivity index (χ3n) is 9.82. The predicted octanol–water partition coefficient (Wildman–Crippen LogP) is -0.800. The largest absolute Gasteiger partial charge is 0.444 e. The highest BCUT2D eigenvalue weighted by atomic mass is 16.8. The van der Waals surface area contributed by atoms with Crippen LogP contribution in [0.25, 0.3) is 0 Å². The molecule has 0 aromatic carbocycles. The summed E-state index contributed by atoms with van der Waals surface area (Å²) in [5, 5.41) is 13.8. The molecule has 0 bridgehead atoms. The maximum atomic E-state index is 14.5. The first-order valence-corrected chi connectivity index (χ1v) is 17.7. The number of nitrogens with one attached hydrogen (secondary N) is 2. The molecule has 12 atom stereocenters. The molecule has 1 aromatic rings. The highest BCUT2D eigenvalue weighted by molar-refractivity contribution is 5.91. The van der Waals surface area contributed by atoms with Crippen LogP contribution >= 0.6 is 0 Å². The van der Waals surface area contributed by atoms with E-state index in [1.165, 1.54) is 31.1 Å². The molecular weight excluding hydrogens is 702 g/mol. The standard InChI is InChI=1S/C34H51N5O14/c1-15(40)19-16(41)14-37(9)20(27(43)38(19)10)22(23-24-25(51-34(7,8)50-24)28(47-23)39-12-11-18(42)36-30(39)44)48-29-26-21(49-33(5,6)52-26)17(46-29)13-35-31(45)53-32(2,3)4/h11-12,16-17,19-26,28-29,41H,13-14H2,1-10H3,(H,35,45)(H,36,42,44)/t16-,17?,19+,20?,21?,22-,23?,24?,25?,26?,28?,29?/m0/s1. The summed E-state index contributed by atoms with van der Waals surface area (Å²) in [5.74, 6) is -3.23. The van der Waals surface area contributed by atoms with Crippen LogP contribution in [0.15, 0.2) is 21.9 Å². The van der Waals surface area contributed by atoms with E-state index in [1.807, 2.05) is 0 Å². The monoisotopic (exact) mass is 753 g/mol. The summed E-state index contributed by atoms with van der Waals surface area (Å²) in [6.07, 6.45) is -9.67. The molecule has 0 spiro atoms. The van der Waals surface area contributed by atoms with Crippen molar-refractivity contribution in [3.05, 3.63) is 33.1 Å². The van der Waals surface area contributed by atoms with E-state index >= 15 is 0 Å². The summed E-state index contributed by atoms with van der Waals surface area (Å²) in [7, 11) is 3.03. The van der Waals surface area contributed by atoms with Gasteiger partial charge in [-0.15, -0.1) is 0 Å². The molecule has 6 rings (SSSR count). The first kappa shape index (κ1) is 39.4. The highest BCUT2D eigenvalue weighted by Crippen LogP contribution is 2.46. The summed E-state index contributed by atoms with van der Waals surface area (Å²) in [5.41, 5.74) is -2.11. The number of hydrogen-bond acceptors (Lipinski definition) is 15. The summed E-state index contributed by atoms with van der Waals surface area (Å²) >= 11 is 0. The van der Waals surface area contributed by atoms with E-state index < -0.39 is 120 Å². The molecule has 19 heteroatoms. The van der Waals surface area contributed by atoms with E-state index in [0.29, 0.717) is 0 Å². The zero-order valence-corrected chi connectivity index (χ0v) is 31.6. The van der Waals surface area contributed by atoms with Gasteiger partial charge in [-0.05, 0) is 62.4 Å². The van der Waals surface area contributed by atoms with E-state index in [-0.39, 0.29) is 13.1 Å². The average Bonchev–Trinajstić information content (AvgIpc) is 3.69. The lowest BCUT2D eigenvalue weighted by Gasteiger charge is -2.39. The van der Waals surface area contributed by atoms with E-state index in [9.17, 15) is 29.1 Å². The molecule has 296 valence electrons. The third-order valence-corrected chi connectivity index (χ3v) is 9.82. The number of alkyl carbamates (subject to hydrolysis) is 1. The number of Topliss-reactive ketones (excluding diaryl/α,β-unsaturated/α-hetero) is 1. The third kappa shape index (κ3) is 7.95. The number of rotatable bonds is 8. The normalized spacial score (nSPS) is 37.2. The number of fused-ring (bicyclic) bond motifs is 2. The molecule has 5 aliphatic heterocycles. The molecule has 5 saturated heterocycles. The first-order valence-electron chi connectivity index (χ1n) is 17.7. The van der Waals surface area contributed by atoms with Crippen LogP contribution < -0.4 is 16.6 Å². The van der Waals surface area contributed by atoms with E-state index in [0.717, 1.165) is 4.57 Å². The zero-order valence-electron chi connectivity index (χ0n) is 31.6. The Morgan fingerprint density at radius 1 is 1.00 bits per heavy atom. The van der Waals surface area contributed by atoms with Crippen molar-refractivity contribution < 1.29 is 57.4 Å². The topological polar surface area (TPSA) is 219 Å². The minimum Gasteiger partial charge on any atom is -0.444 e. The van der Waals surface area contributed by atoms with E-state index in [4.69, 9.17) is 37.9 Å². The van der Waals surface area contributed by atoms with Gasteiger partial charge in [0.15, 0.2) is 29.9 Å². The molecule has 19 nitrogen and oxygen atoms in total. The predicted molar refractivity (Wildman–Crippen MR) is 180 cm³/mol. The van der Waals surface area contributed by atoms with Crippen molar-refractivity contribution in [3.8, 4) is 0 Å². The van der Waals surface area contributed by atoms with Crippen LogP contribution in [0, 0.1) is 0 Å². The Bertz CT molecular complexity index is 1690. The Labute approximate surface area is 306 Å². The fourth-order valence-electron chi connectivity index (χ4n) is 7.86. The molecule has 5 aliphatic rings. The number of H-pyrrole nitrogens is 1. The number of carbonyl (C=O) groups is 3. The van der Waals surface area contributed by atoms with Gasteiger partial charge in [0.1, 0.15) is 60.4 Å². The minimum atomic E-state index is -1.29.